The molecule has 1 aromatic carbocycles. The van der Waals surface area contributed by atoms with Gasteiger partial charge in [0, 0.05) is 6.04 Å². The Kier molecular flexibility index (Phi) is 3.97. The molecule has 0 radical (unpaired) electrons. The molecule has 1 heterocycles. The lowest BCUT2D eigenvalue weighted by atomic mass is 10.00. The van der Waals surface area contributed by atoms with Gasteiger partial charge in [-0.15, -0.1) is 0 Å². The monoisotopic (exact) mass is 250 g/mol. The van der Waals surface area contributed by atoms with Gasteiger partial charge in [0.2, 0.25) is 5.91 Å². The maximum Gasteiger partial charge on any atom is 0.225 e. The number of rotatable bonds is 3. The second kappa shape index (κ2) is 5.48. The Labute approximate surface area is 107 Å². The molecule has 0 bridgehead atoms. The summed E-state index contributed by atoms with van der Waals surface area (Å²) in [6, 6.07) is 6.37. The van der Waals surface area contributed by atoms with Crippen LogP contribution in [-0.4, -0.2) is 18.5 Å². The van der Waals surface area contributed by atoms with Gasteiger partial charge in [-0.1, -0.05) is 12.1 Å². The van der Waals surface area contributed by atoms with Crippen molar-refractivity contribution in [1.82, 2.24) is 10.6 Å². The zero-order chi connectivity index (χ0) is 13.1. The summed E-state index contributed by atoms with van der Waals surface area (Å²) in [4.78, 5) is 12.1. The zero-order valence-corrected chi connectivity index (χ0v) is 10.7. The van der Waals surface area contributed by atoms with E-state index in [2.05, 4.69) is 10.6 Å². The Hall–Kier alpha value is -1.42. The summed E-state index contributed by atoms with van der Waals surface area (Å²) < 4.78 is 12.8. The van der Waals surface area contributed by atoms with Crippen LogP contribution in [0.3, 0.4) is 0 Å². The highest BCUT2D eigenvalue weighted by Crippen LogP contribution is 2.18. The lowest BCUT2D eigenvalue weighted by Crippen LogP contribution is -2.37. The van der Waals surface area contributed by atoms with Crippen LogP contribution in [-0.2, 0) is 4.79 Å². The minimum atomic E-state index is -0.258. The highest BCUT2D eigenvalue weighted by atomic mass is 19.1. The Bertz CT molecular complexity index is 418. The molecule has 1 aliphatic heterocycles. The fourth-order valence-electron chi connectivity index (χ4n) is 2.37. The molecule has 0 aliphatic carbocycles. The molecule has 0 spiro atoms. The summed E-state index contributed by atoms with van der Waals surface area (Å²) in [7, 11) is 0. The van der Waals surface area contributed by atoms with Crippen LogP contribution in [0.5, 0.6) is 0 Å². The van der Waals surface area contributed by atoms with E-state index in [0.717, 1.165) is 18.5 Å². The van der Waals surface area contributed by atoms with Crippen LogP contribution in [0.4, 0.5) is 4.39 Å². The first-order valence-electron chi connectivity index (χ1n) is 6.37. The third-order valence-electron chi connectivity index (χ3n) is 3.59. The van der Waals surface area contributed by atoms with Crippen molar-refractivity contribution >= 4 is 5.91 Å². The third-order valence-corrected chi connectivity index (χ3v) is 3.59. The number of amides is 1. The average molecular weight is 250 g/mol. The van der Waals surface area contributed by atoms with E-state index in [1.807, 2.05) is 13.8 Å². The number of hydrogen-bond donors (Lipinski definition) is 2. The molecule has 1 amide bonds. The molecule has 0 aromatic heterocycles. The number of hydrogen-bond acceptors (Lipinski definition) is 2. The van der Waals surface area contributed by atoms with Crippen molar-refractivity contribution in [3.63, 3.8) is 0 Å². The topological polar surface area (TPSA) is 41.1 Å². The van der Waals surface area contributed by atoms with Gasteiger partial charge in [0.05, 0.1) is 12.0 Å². The van der Waals surface area contributed by atoms with E-state index < -0.39 is 0 Å². The average Bonchev–Trinajstić information content (AvgIpc) is 2.76. The highest BCUT2D eigenvalue weighted by molar-refractivity contribution is 5.80. The Balaban J connectivity index is 1.96. The van der Waals surface area contributed by atoms with Crippen LogP contribution < -0.4 is 10.6 Å². The van der Waals surface area contributed by atoms with Crippen molar-refractivity contribution in [3.8, 4) is 0 Å². The molecular formula is C14H19FN2O. The maximum atomic E-state index is 12.8. The van der Waals surface area contributed by atoms with Crippen molar-refractivity contribution in [3.05, 3.63) is 35.6 Å². The van der Waals surface area contributed by atoms with Crippen LogP contribution in [0, 0.1) is 11.7 Å². The van der Waals surface area contributed by atoms with Crippen molar-refractivity contribution in [2.45, 2.75) is 32.4 Å². The van der Waals surface area contributed by atoms with Gasteiger partial charge in [0.15, 0.2) is 0 Å². The molecule has 3 atom stereocenters. The highest BCUT2D eigenvalue weighted by Gasteiger charge is 2.29. The second-order valence-corrected chi connectivity index (χ2v) is 4.92. The fraction of sp³-hybridized carbons (Fsp3) is 0.500. The summed E-state index contributed by atoms with van der Waals surface area (Å²) in [6.45, 7) is 4.84. The van der Waals surface area contributed by atoms with E-state index in [0.29, 0.717) is 0 Å². The van der Waals surface area contributed by atoms with Gasteiger partial charge in [0.1, 0.15) is 5.82 Å². The molecule has 1 fully saturated rings. The molecule has 1 saturated heterocycles. The van der Waals surface area contributed by atoms with Crippen LogP contribution >= 0.6 is 0 Å². The van der Waals surface area contributed by atoms with Gasteiger partial charge in [-0.3, -0.25) is 4.79 Å². The predicted octanol–water partition coefficient (Wildman–Crippen LogP) is 2.00. The summed E-state index contributed by atoms with van der Waals surface area (Å²) in [5.41, 5.74) is 0.920. The predicted molar refractivity (Wildman–Crippen MR) is 68.5 cm³/mol. The van der Waals surface area contributed by atoms with Crippen LogP contribution in [0.15, 0.2) is 24.3 Å². The fourth-order valence-corrected chi connectivity index (χ4v) is 2.37. The SMILES string of the molecule is CC(NC(=O)C1CCNC1C)c1ccc(F)cc1. The second-order valence-electron chi connectivity index (χ2n) is 4.92. The number of benzene rings is 1. The van der Waals surface area contributed by atoms with Crippen molar-refractivity contribution in [1.29, 1.82) is 0 Å². The van der Waals surface area contributed by atoms with Gasteiger partial charge < -0.3 is 10.6 Å². The molecular weight excluding hydrogens is 231 g/mol. The first-order chi connectivity index (χ1) is 8.58. The minimum Gasteiger partial charge on any atom is -0.349 e. The normalized spacial score (nSPS) is 24.8. The number of carbonyl (C=O) groups excluding carboxylic acids is 1. The van der Waals surface area contributed by atoms with E-state index in [1.54, 1.807) is 12.1 Å². The summed E-state index contributed by atoms with van der Waals surface area (Å²) in [5, 5.41) is 6.25. The molecule has 2 rings (SSSR count). The zero-order valence-electron chi connectivity index (χ0n) is 10.7. The number of nitrogens with one attached hydrogen (secondary N) is 2. The van der Waals surface area contributed by atoms with E-state index in [-0.39, 0.29) is 29.7 Å². The van der Waals surface area contributed by atoms with E-state index in [4.69, 9.17) is 0 Å². The summed E-state index contributed by atoms with van der Waals surface area (Å²) in [5.74, 6) is -0.150. The number of halogens is 1. The smallest absolute Gasteiger partial charge is 0.225 e. The quantitative estimate of drug-likeness (QED) is 0.861. The molecule has 98 valence electrons. The third kappa shape index (κ3) is 2.88. The molecule has 1 aliphatic rings. The molecule has 3 unspecified atom stereocenters. The summed E-state index contributed by atoms with van der Waals surface area (Å²) >= 11 is 0. The Morgan fingerprint density at radius 3 is 2.67 bits per heavy atom. The molecule has 1 aromatic rings. The van der Waals surface area contributed by atoms with Crippen LogP contribution in [0.25, 0.3) is 0 Å². The Morgan fingerprint density at radius 1 is 1.44 bits per heavy atom. The molecule has 2 N–H and O–H groups in total. The van der Waals surface area contributed by atoms with Gasteiger partial charge in [0.25, 0.3) is 0 Å². The first kappa shape index (κ1) is 13.0. The Morgan fingerprint density at radius 2 is 2.11 bits per heavy atom. The van der Waals surface area contributed by atoms with E-state index >= 15 is 0 Å². The first-order valence-corrected chi connectivity index (χ1v) is 6.37. The molecule has 18 heavy (non-hydrogen) atoms. The minimum absolute atomic E-state index is 0.0351. The van der Waals surface area contributed by atoms with Gasteiger partial charge in [-0.2, -0.15) is 0 Å². The number of carbonyl (C=O) groups is 1. The van der Waals surface area contributed by atoms with Gasteiger partial charge in [-0.25, -0.2) is 4.39 Å². The summed E-state index contributed by atoms with van der Waals surface area (Å²) in [6.07, 6.45) is 0.878. The van der Waals surface area contributed by atoms with E-state index in [1.165, 1.54) is 12.1 Å². The van der Waals surface area contributed by atoms with Crippen molar-refractivity contribution in [2.75, 3.05) is 6.54 Å². The molecule has 4 heteroatoms. The maximum absolute atomic E-state index is 12.8. The molecule has 0 saturated carbocycles. The molecule has 3 nitrogen and oxygen atoms in total. The standard InChI is InChI=1S/C14H19FN2O/c1-9(11-3-5-12(15)6-4-11)17-14(18)13-7-8-16-10(13)2/h3-6,9-10,13,16H,7-8H2,1-2H3,(H,17,18). The lowest BCUT2D eigenvalue weighted by Gasteiger charge is -2.19. The van der Waals surface area contributed by atoms with Gasteiger partial charge >= 0.3 is 0 Å². The van der Waals surface area contributed by atoms with E-state index in [9.17, 15) is 9.18 Å². The van der Waals surface area contributed by atoms with Crippen LogP contribution in [0.2, 0.25) is 0 Å². The van der Waals surface area contributed by atoms with Crippen LogP contribution in [0.1, 0.15) is 31.9 Å². The van der Waals surface area contributed by atoms with Gasteiger partial charge in [-0.05, 0) is 44.5 Å². The van der Waals surface area contributed by atoms with Crippen molar-refractivity contribution < 1.29 is 9.18 Å². The lowest BCUT2D eigenvalue weighted by molar-refractivity contribution is -0.125. The van der Waals surface area contributed by atoms with Crippen molar-refractivity contribution in [2.24, 2.45) is 5.92 Å². The largest absolute Gasteiger partial charge is 0.349 e.